The number of allylic oxidation sites excluding steroid dienone is 1. The smallest absolute Gasteiger partial charge is 0.339 e. The van der Waals surface area contributed by atoms with Gasteiger partial charge in [-0.1, -0.05) is 53.8 Å². The number of furan rings is 1. The Balaban J connectivity index is 1.62. The maximum absolute atomic E-state index is 12.4. The van der Waals surface area contributed by atoms with Gasteiger partial charge in [0.15, 0.2) is 0 Å². The maximum Gasteiger partial charge on any atom is 0.339 e. The Morgan fingerprint density at radius 3 is 2.59 bits per heavy atom. The molecule has 0 atom stereocenters. The Labute approximate surface area is 159 Å². The Morgan fingerprint density at radius 1 is 1.00 bits per heavy atom. The predicted octanol–water partition coefficient (Wildman–Crippen LogP) is 4.94. The number of benzene rings is 2. The van der Waals surface area contributed by atoms with E-state index in [1.165, 1.54) is 5.56 Å². The molecule has 2 aromatic carbocycles. The fourth-order valence-corrected chi connectivity index (χ4v) is 2.44. The fourth-order valence-electron chi connectivity index (χ4n) is 2.44. The van der Waals surface area contributed by atoms with E-state index in [1.54, 1.807) is 24.5 Å². The summed E-state index contributed by atoms with van der Waals surface area (Å²) in [5, 5.41) is 0. The van der Waals surface area contributed by atoms with Gasteiger partial charge in [-0.3, -0.25) is 0 Å². The Hall–Kier alpha value is -3.51. The topological polar surface area (TPSA) is 39.4 Å². The van der Waals surface area contributed by atoms with Gasteiger partial charge in [0.05, 0.1) is 11.8 Å². The van der Waals surface area contributed by atoms with Crippen molar-refractivity contribution in [1.82, 2.24) is 0 Å². The lowest BCUT2D eigenvalue weighted by Gasteiger charge is -2.04. The molecule has 3 heteroatoms. The van der Waals surface area contributed by atoms with E-state index in [0.29, 0.717) is 17.5 Å². The summed E-state index contributed by atoms with van der Waals surface area (Å²) in [4.78, 5) is 12.4. The van der Waals surface area contributed by atoms with E-state index in [9.17, 15) is 4.79 Å². The van der Waals surface area contributed by atoms with Crippen molar-refractivity contribution in [2.24, 2.45) is 0 Å². The standard InChI is InChI=1S/C24H20O3/c1-19-11-13-20(14-12-19)15-16-21-7-2-3-10-23(21)24(25)27-17-5-4-8-22-9-6-18-26-22/h2-7,9-14,18H,8,17H2,1H3/b5-4+. The van der Waals surface area contributed by atoms with Crippen molar-refractivity contribution in [3.8, 4) is 11.8 Å². The predicted molar refractivity (Wildman–Crippen MR) is 105 cm³/mol. The van der Waals surface area contributed by atoms with Crippen molar-refractivity contribution >= 4 is 5.97 Å². The summed E-state index contributed by atoms with van der Waals surface area (Å²) in [6.07, 6.45) is 6.02. The molecule has 0 fully saturated rings. The molecule has 0 N–H and O–H groups in total. The minimum absolute atomic E-state index is 0.208. The van der Waals surface area contributed by atoms with Crippen LogP contribution in [-0.2, 0) is 11.2 Å². The normalized spacial score (nSPS) is 10.4. The van der Waals surface area contributed by atoms with Gasteiger partial charge in [-0.25, -0.2) is 4.79 Å². The van der Waals surface area contributed by atoms with E-state index in [1.807, 2.05) is 61.5 Å². The highest BCUT2D eigenvalue weighted by Crippen LogP contribution is 2.10. The first-order valence-electron chi connectivity index (χ1n) is 8.74. The molecule has 3 nitrogen and oxygen atoms in total. The number of hydrogen-bond donors (Lipinski definition) is 0. The average molecular weight is 356 g/mol. The van der Waals surface area contributed by atoms with Crippen LogP contribution in [0.25, 0.3) is 0 Å². The second-order valence-electron chi connectivity index (χ2n) is 6.01. The van der Waals surface area contributed by atoms with E-state index >= 15 is 0 Å². The summed E-state index contributed by atoms with van der Waals surface area (Å²) in [6.45, 7) is 2.24. The van der Waals surface area contributed by atoms with Crippen LogP contribution in [0.15, 0.2) is 83.5 Å². The molecule has 0 unspecified atom stereocenters. The molecular weight excluding hydrogens is 336 g/mol. The van der Waals surface area contributed by atoms with Gasteiger partial charge in [-0.2, -0.15) is 0 Å². The number of esters is 1. The Kier molecular flexibility index (Phi) is 6.27. The lowest BCUT2D eigenvalue weighted by Crippen LogP contribution is -2.07. The number of hydrogen-bond acceptors (Lipinski definition) is 3. The van der Waals surface area contributed by atoms with Gasteiger partial charge in [-0.05, 0) is 43.3 Å². The maximum atomic E-state index is 12.4. The van der Waals surface area contributed by atoms with Crippen LogP contribution in [0.3, 0.4) is 0 Å². The first-order valence-corrected chi connectivity index (χ1v) is 8.74. The summed E-state index contributed by atoms with van der Waals surface area (Å²) in [7, 11) is 0. The fraction of sp³-hybridized carbons (Fsp3) is 0.125. The zero-order valence-corrected chi connectivity index (χ0v) is 15.1. The van der Waals surface area contributed by atoms with E-state index < -0.39 is 0 Å². The third-order valence-corrected chi connectivity index (χ3v) is 3.92. The molecule has 27 heavy (non-hydrogen) atoms. The van der Waals surface area contributed by atoms with Crippen LogP contribution in [0.2, 0.25) is 0 Å². The van der Waals surface area contributed by atoms with Crippen LogP contribution in [0, 0.1) is 18.8 Å². The molecule has 1 heterocycles. The molecule has 0 saturated carbocycles. The average Bonchev–Trinajstić information content (AvgIpc) is 3.21. The van der Waals surface area contributed by atoms with Gasteiger partial charge >= 0.3 is 5.97 Å². The zero-order valence-electron chi connectivity index (χ0n) is 15.1. The third kappa shape index (κ3) is 5.49. The molecule has 0 aliphatic rings. The molecule has 0 bridgehead atoms. The van der Waals surface area contributed by atoms with Crippen molar-refractivity contribution in [3.05, 3.63) is 107 Å². The molecule has 0 spiro atoms. The van der Waals surface area contributed by atoms with E-state index in [-0.39, 0.29) is 12.6 Å². The number of ether oxygens (including phenoxy) is 1. The molecule has 134 valence electrons. The minimum atomic E-state index is -0.383. The van der Waals surface area contributed by atoms with Crippen LogP contribution >= 0.6 is 0 Å². The summed E-state index contributed by atoms with van der Waals surface area (Å²) < 4.78 is 10.6. The quantitative estimate of drug-likeness (QED) is 0.369. The van der Waals surface area contributed by atoms with Crippen LogP contribution in [0.1, 0.15) is 32.8 Å². The highest BCUT2D eigenvalue weighted by molar-refractivity contribution is 5.92. The van der Waals surface area contributed by atoms with Gasteiger partial charge in [0, 0.05) is 17.5 Å². The van der Waals surface area contributed by atoms with E-state index in [4.69, 9.17) is 9.15 Å². The van der Waals surface area contributed by atoms with Gasteiger partial charge < -0.3 is 9.15 Å². The zero-order chi connectivity index (χ0) is 18.9. The van der Waals surface area contributed by atoms with Gasteiger partial charge in [-0.15, -0.1) is 0 Å². The molecule has 0 radical (unpaired) electrons. The third-order valence-electron chi connectivity index (χ3n) is 3.92. The van der Waals surface area contributed by atoms with Crippen LogP contribution in [0.4, 0.5) is 0 Å². The summed E-state index contributed by atoms with van der Waals surface area (Å²) >= 11 is 0. The monoisotopic (exact) mass is 356 g/mol. The Morgan fingerprint density at radius 2 is 1.81 bits per heavy atom. The molecule has 0 aliphatic carbocycles. The highest BCUT2D eigenvalue weighted by Gasteiger charge is 2.10. The molecule has 3 rings (SSSR count). The van der Waals surface area contributed by atoms with Gasteiger partial charge in [0.1, 0.15) is 12.4 Å². The highest BCUT2D eigenvalue weighted by atomic mass is 16.5. The van der Waals surface area contributed by atoms with Crippen molar-refractivity contribution < 1.29 is 13.9 Å². The first kappa shape index (κ1) is 18.3. The second-order valence-corrected chi connectivity index (χ2v) is 6.01. The molecule has 0 saturated heterocycles. The van der Waals surface area contributed by atoms with E-state index in [0.717, 1.165) is 11.3 Å². The minimum Gasteiger partial charge on any atom is -0.469 e. The van der Waals surface area contributed by atoms with Crippen molar-refractivity contribution in [1.29, 1.82) is 0 Å². The van der Waals surface area contributed by atoms with Crippen molar-refractivity contribution in [3.63, 3.8) is 0 Å². The lowest BCUT2D eigenvalue weighted by molar-refractivity contribution is 0.0549. The first-order chi connectivity index (χ1) is 13.2. The molecular formula is C24H20O3. The summed E-state index contributed by atoms with van der Waals surface area (Å²) in [5.74, 6) is 6.65. The molecule has 0 aliphatic heterocycles. The number of carbonyl (C=O) groups excluding carboxylic acids is 1. The van der Waals surface area contributed by atoms with Crippen LogP contribution in [-0.4, -0.2) is 12.6 Å². The summed E-state index contributed by atoms with van der Waals surface area (Å²) in [5.41, 5.74) is 3.22. The van der Waals surface area contributed by atoms with Crippen molar-refractivity contribution in [2.75, 3.05) is 6.61 Å². The molecule has 1 aromatic heterocycles. The number of aryl methyl sites for hydroxylation is 1. The molecule has 3 aromatic rings. The number of carbonyl (C=O) groups is 1. The van der Waals surface area contributed by atoms with Gasteiger partial charge in [0.25, 0.3) is 0 Å². The SMILES string of the molecule is Cc1ccc(C#Cc2ccccc2C(=O)OC/C=C/Cc2ccco2)cc1. The molecule has 0 amide bonds. The summed E-state index contributed by atoms with van der Waals surface area (Å²) in [6, 6.07) is 18.9. The van der Waals surface area contributed by atoms with E-state index in [2.05, 4.69) is 11.8 Å². The van der Waals surface area contributed by atoms with Gasteiger partial charge in [0.2, 0.25) is 0 Å². The Bertz CT molecular complexity index is 968. The second kappa shape index (κ2) is 9.26. The van der Waals surface area contributed by atoms with Crippen LogP contribution in [0.5, 0.6) is 0 Å². The van der Waals surface area contributed by atoms with Crippen LogP contribution < -0.4 is 0 Å². The van der Waals surface area contributed by atoms with Crippen molar-refractivity contribution in [2.45, 2.75) is 13.3 Å². The number of rotatable bonds is 5. The largest absolute Gasteiger partial charge is 0.469 e. The lowest BCUT2D eigenvalue weighted by atomic mass is 10.1.